The van der Waals surface area contributed by atoms with Gasteiger partial charge in [-0.15, -0.1) is 0 Å². The minimum Gasteiger partial charge on any atom is -0.870 e. The van der Waals surface area contributed by atoms with Crippen LogP contribution in [0, 0.1) is 13.8 Å². The number of nitrogens with one attached hydrogen (secondary N) is 2. The summed E-state index contributed by atoms with van der Waals surface area (Å²) in [7, 11) is 17.0. The molecule has 5 N–H and O–H groups in total. The van der Waals surface area contributed by atoms with Gasteiger partial charge in [0.25, 0.3) is 11.1 Å². The van der Waals surface area contributed by atoms with Crippen molar-refractivity contribution in [3.05, 3.63) is 45.0 Å². The molecule has 6 heterocycles. The van der Waals surface area contributed by atoms with E-state index in [0.717, 1.165) is 0 Å². The zero-order valence-electron chi connectivity index (χ0n) is 29.3. The second-order valence-electron chi connectivity index (χ2n) is 11.2. The summed E-state index contributed by atoms with van der Waals surface area (Å²) >= 11 is 0. The van der Waals surface area contributed by atoms with Crippen molar-refractivity contribution in [1.29, 1.82) is 0 Å². The fourth-order valence-corrected chi connectivity index (χ4v) is 5.69. The van der Waals surface area contributed by atoms with Crippen molar-refractivity contribution in [3.63, 3.8) is 0 Å². The Morgan fingerprint density at radius 2 is 1.35 bits per heavy atom. The minimum atomic E-state index is -1.01. The fourth-order valence-electron chi connectivity index (χ4n) is 5.69. The molecule has 52 heavy (non-hydrogen) atoms. The van der Waals surface area contributed by atoms with Crippen LogP contribution in [0.25, 0.3) is 22.3 Å². The van der Waals surface area contributed by atoms with E-state index in [4.69, 9.17) is 23.7 Å². The third kappa shape index (κ3) is 10.2. The quantitative estimate of drug-likeness (QED) is 0.103. The molecule has 2 aliphatic heterocycles. The first-order valence-electron chi connectivity index (χ1n) is 15.2. The van der Waals surface area contributed by atoms with Crippen molar-refractivity contribution in [3.8, 4) is 0 Å². The number of carbonyl (C=O) groups is 1. The smallest absolute Gasteiger partial charge is 0.870 e. The van der Waals surface area contributed by atoms with Crippen LogP contribution in [0.2, 0.25) is 0 Å². The number of aryl methyl sites for hydroxylation is 2. The molecule has 2 unspecified atom stereocenters. The molecule has 6 rings (SSSR count). The molecule has 2 saturated heterocycles. The summed E-state index contributed by atoms with van der Waals surface area (Å²) < 4.78 is 30.8. The third-order valence-corrected chi connectivity index (χ3v) is 7.67. The molecule has 0 spiro atoms. The average Bonchev–Trinajstić information content (AvgIpc) is 3.79. The summed E-state index contributed by atoms with van der Waals surface area (Å²) in [6, 6.07) is 0. The van der Waals surface area contributed by atoms with Gasteiger partial charge in [-0.3, -0.25) is 23.5 Å². The maximum atomic E-state index is 12.0. The summed E-state index contributed by atoms with van der Waals surface area (Å²) in [4.78, 5) is 57.2. The van der Waals surface area contributed by atoms with Crippen LogP contribution in [0.5, 0.6) is 0 Å². The van der Waals surface area contributed by atoms with Crippen molar-refractivity contribution < 1.29 is 73.7 Å². The predicted octanol–water partition coefficient (Wildman–Crippen LogP) is -4.68. The van der Waals surface area contributed by atoms with Gasteiger partial charge in [-0.1, -0.05) is 14.4 Å². The molecule has 4 aromatic rings. The molecule has 24 heteroatoms. The Labute approximate surface area is 325 Å². The number of aromatic nitrogens is 8. The van der Waals surface area contributed by atoms with Gasteiger partial charge in [0, 0.05) is 50.7 Å². The van der Waals surface area contributed by atoms with E-state index in [1.807, 2.05) is 6.92 Å². The number of nitrogens with zero attached hydrogens (tertiary/aromatic N) is 6. The topological polar surface area (TPSA) is 261 Å². The van der Waals surface area contributed by atoms with Crippen LogP contribution < -0.4 is 40.7 Å². The molecule has 0 aromatic carbocycles. The van der Waals surface area contributed by atoms with E-state index in [2.05, 4.69) is 53.1 Å². The molecule has 0 aliphatic carbocycles. The predicted molar refractivity (Wildman–Crippen MR) is 186 cm³/mol. The Balaban J connectivity index is 0.000000451. The van der Waals surface area contributed by atoms with E-state index in [1.54, 1.807) is 25.5 Å². The largest absolute Gasteiger partial charge is 1.00 e. The monoisotopic (exact) mass is 732 g/mol. The number of fused-ring (bicyclic) bond motifs is 2. The molecular formula is C28H41B4N8NaO11. The van der Waals surface area contributed by atoms with Crippen LogP contribution in [0.15, 0.2) is 22.2 Å². The van der Waals surface area contributed by atoms with Crippen LogP contribution in [0.4, 0.5) is 0 Å². The number of H-pyrrole nitrogens is 2. The Morgan fingerprint density at radius 1 is 0.904 bits per heavy atom. The van der Waals surface area contributed by atoms with Gasteiger partial charge < -0.3 is 49.3 Å². The van der Waals surface area contributed by atoms with Crippen molar-refractivity contribution in [2.45, 2.75) is 90.6 Å². The Hall–Kier alpha value is -2.85. The summed E-state index contributed by atoms with van der Waals surface area (Å²) in [5, 5.41) is 19.6. The number of aliphatic hydroxyl groups is 2. The first-order chi connectivity index (χ1) is 23.3. The standard InChI is InChI=1S/C15H20N4O5.C12H16N4O5.CH4.B4.Na.H2O/c1-5-9-11(22-4)12(23-8(3)20)15(24-9)19-6-16-10-13(19)17-7(2)18-14(10)21;1-5-14-10-7(11(19)15-5)13-4-16(10)12-8(18)9(20-2)6(3-17)21-12;;1-4(2)3;;/h6,9,11-12,15H,5H2,1-4H3,(H,17,18,21);4,6,8-9,12,17-18H,3H2,1-2H3,(H,14,15,19);1H4;;;1H2/q;;;;+1;/p-1/t9-,11+,12?,15-;6-,8?,9+,12-;;;;/m11..../s1. The molecule has 272 valence electrons. The van der Waals surface area contributed by atoms with Gasteiger partial charge in [-0.05, 0) is 20.3 Å². The number of rotatable bonds is 7. The molecular weight excluding hydrogens is 691 g/mol. The SMILES string of the molecule is C.CC[C@H]1O[C@@H](n2cnc3c(=O)[nH]c(C)nc32)C(OC(C)=O)[C@H]1OC.CO[C@@H]1C(O)[C@H](n2cnc3c(=O)[nH]c(C)nc32)O[C@@H]1CO.[B]B([B])[B].[Na+].[OH-]. The molecule has 6 radical (unpaired) electrons. The number of hydrogen-bond donors (Lipinski definition) is 4. The molecule has 4 aromatic heterocycles. The second-order valence-corrected chi connectivity index (χ2v) is 11.2. The molecule has 0 bridgehead atoms. The van der Waals surface area contributed by atoms with Crippen molar-refractivity contribution in [1.82, 2.24) is 39.0 Å². The average molecular weight is 732 g/mol. The maximum Gasteiger partial charge on any atom is 1.00 e. The van der Waals surface area contributed by atoms with Crippen LogP contribution in [-0.4, -0.2) is 148 Å². The molecule has 19 nitrogen and oxygen atoms in total. The van der Waals surface area contributed by atoms with E-state index >= 15 is 0 Å². The van der Waals surface area contributed by atoms with E-state index < -0.39 is 55.3 Å². The van der Waals surface area contributed by atoms with E-state index in [-0.39, 0.29) is 77.3 Å². The normalized spacial score (nSPS) is 24.7. The van der Waals surface area contributed by atoms with Crippen molar-refractivity contribution in [2.24, 2.45) is 0 Å². The number of carbonyl (C=O) groups excluding carboxylic acids is 1. The van der Waals surface area contributed by atoms with Gasteiger partial charge in [-0.2, -0.15) is 0 Å². The maximum absolute atomic E-state index is 12.0. The van der Waals surface area contributed by atoms with E-state index in [9.17, 15) is 24.6 Å². The summed E-state index contributed by atoms with van der Waals surface area (Å²) in [6.07, 6.45) is -2.27. The van der Waals surface area contributed by atoms with Gasteiger partial charge in [0.05, 0.1) is 25.4 Å². The van der Waals surface area contributed by atoms with Crippen LogP contribution >= 0.6 is 0 Å². The van der Waals surface area contributed by atoms with Crippen molar-refractivity contribution in [2.75, 3.05) is 20.8 Å². The van der Waals surface area contributed by atoms with Crippen LogP contribution in [0.3, 0.4) is 0 Å². The van der Waals surface area contributed by atoms with E-state index in [0.29, 0.717) is 29.4 Å². The molecule has 0 saturated carbocycles. The van der Waals surface area contributed by atoms with Gasteiger partial charge in [0.2, 0.25) is 0 Å². The van der Waals surface area contributed by atoms with Crippen molar-refractivity contribution >= 4 is 57.9 Å². The minimum absolute atomic E-state index is 0. The van der Waals surface area contributed by atoms with Crippen LogP contribution in [-0.2, 0) is 28.5 Å². The van der Waals surface area contributed by atoms with Crippen LogP contribution in [0.1, 0.15) is 51.8 Å². The van der Waals surface area contributed by atoms with Gasteiger partial charge in [-0.25, -0.2) is 19.9 Å². The summed E-state index contributed by atoms with van der Waals surface area (Å²) in [5.41, 5.74) is 0.385. The molecule has 8 atom stereocenters. The first-order valence-corrected chi connectivity index (χ1v) is 15.2. The molecule has 0 amide bonds. The van der Waals surface area contributed by atoms with Gasteiger partial charge in [0.1, 0.15) is 36.1 Å². The second kappa shape index (κ2) is 20.6. The zero-order chi connectivity index (χ0) is 36.2. The number of ether oxygens (including phenoxy) is 5. The number of aromatic amines is 2. The number of esters is 1. The Bertz CT molecular complexity index is 1860. The van der Waals surface area contributed by atoms with Gasteiger partial charge >= 0.3 is 35.5 Å². The number of hydrogen-bond acceptors (Lipinski definition) is 15. The molecule has 2 fully saturated rings. The molecule has 2 aliphatic rings. The third-order valence-electron chi connectivity index (χ3n) is 7.67. The zero-order valence-corrected chi connectivity index (χ0v) is 31.3. The van der Waals surface area contributed by atoms with Gasteiger partial charge in [0.15, 0.2) is 40.9 Å². The summed E-state index contributed by atoms with van der Waals surface area (Å²) in [6.45, 7) is 6.35. The van der Waals surface area contributed by atoms with E-state index in [1.165, 1.54) is 31.3 Å². The Kier molecular flexibility index (Phi) is 18.7. The Morgan fingerprint density at radius 3 is 1.73 bits per heavy atom. The number of methoxy groups -OCH3 is 2. The first kappa shape index (κ1) is 47.2. The fraction of sp³-hybridized carbons (Fsp3) is 0.607. The summed E-state index contributed by atoms with van der Waals surface area (Å²) in [5.74, 6) is 0.467. The number of aliphatic hydroxyl groups excluding tert-OH is 2. The number of imidazole rings is 2.